The second kappa shape index (κ2) is 13.6. The molecule has 0 spiro atoms. The van der Waals surface area contributed by atoms with Crippen molar-refractivity contribution in [3.05, 3.63) is 82.3 Å². The summed E-state index contributed by atoms with van der Waals surface area (Å²) in [6.07, 6.45) is 3.30. The quantitative estimate of drug-likeness (QED) is 0.262. The summed E-state index contributed by atoms with van der Waals surface area (Å²) in [5.41, 5.74) is 3.99. The fraction of sp³-hybridized carbons (Fsp3) is 0.367. The number of methoxy groups -OCH3 is 2. The zero-order valence-corrected chi connectivity index (χ0v) is 23.0. The number of piperidine rings is 1. The van der Waals surface area contributed by atoms with Crippen molar-refractivity contribution in [1.82, 2.24) is 4.90 Å². The zero-order chi connectivity index (χ0) is 26.0. The Morgan fingerprint density at radius 3 is 2.11 bits per heavy atom. The van der Waals surface area contributed by atoms with Crippen molar-refractivity contribution in [2.24, 2.45) is 5.92 Å². The molecular weight excluding hydrogens is 534 g/mol. The number of halogens is 1. The molecule has 1 saturated heterocycles. The van der Waals surface area contributed by atoms with Gasteiger partial charge in [0.25, 0.3) is 0 Å². The van der Waals surface area contributed by atoms with E-state index in [9.17, 15) is 4.79 Å². The first-order chi connectivity index (χ1) is 18.1. The van der Waals surface area contributed by atoms with Gasteiger partial charge in [-0.05, 0) is 57.8 Å². The van der Waals surface area contributed by atoms with Crippen LogP contribution in [0.2, 0.25) is 0 Å². The Morgan fingerprint density at radius 2 is 1.49 bits per heavy atom. The van der Waals surface area contributed by atoms with Crippen LogP contribution in [0.15, 0.2) is 71.2 Å². The monoisotopic (exact) mass is 567 g/mol. The van der Waals surface area contributed by atoms with E-state index >= 15 is 0 Å². The van der Waals surface area contributed by atoms with Crippen molar-refractivity contribution in [3.8, 4) is 22.6 Å². The van der Waals surface area contributed by atoms with E-state index in [-0.39, 0.29) is 25.9 Å². The molecule has 1 aliphatic rings. The maximum Gasteiger partial charge on any atom is 0.227 e. The van der Waals surface area contributed by atoms with E-state index in [1.54, 1.807) is 14.2 Å². The second-order valence-corrected chi connectivity index (χ2v) is 9.99. The Bertz CT molecular complexity index is 1150. The summed E-state index contributed by atoms with van der Waals surface area (Å²) in [5, 5.41) is 0. The number of hydrogen-bond acceptors (Lipinski definition) is 5. The van der Waals surface area contributed by atoms with Gasteiger partial charge in [-0.15, -0.1) is 0 Å². The van der Waals surface area contributed by atoms with E-state index in [2.05, 4.69) is 40.2 Å². The lowest BCUT2D eigenvalue weighted by atomic mass is 9.89. The Morgan fingerprint density at radius 1 is 0.892 bits per heavy atom. The van der Waals surface area contributed by atoms with Crippen molar-refractivity contribution in [3.63, 3.8) is 0 Å². The molecule has 1 heterocycles. The van der Waals surface area contributed by atoms with Crippen LogP contribution >= 0.6 is 15.9 Å². The summed E-state index contributed by atoms with van der Waals surface area (Å²) in [4.78, 5) is 15.6. The molecule has 3 aromatic rings. The van der Waals surface area contributed by atoms with Crippen LogP contribution in [0.4, 0.5) is 0 Å². The molecule has 0 aliphatic carbocycles. The minimum Gasteiger partial charge on any atom is -0.467 e. The molecule has 1 fully saturated rings. The molecule has 3 aromatic carbocycles. The smallest absolute Gasteiger partial charge is 0.227 e. The Kier molecular flexibility index (Phi) is 9.99. The van der Waals surface area contributed by atoms with Crippen LogP contribution in [0.5, 0.6) is 11.5 Å². The van der Waals surface area contributed by atoms with Gasteiger partial charge in [0.1, 0.15) is 11.5 Å². The minimum atomic E-state index is 0.0769. The van der Waals surface area contributed by atoms with Crippen molar-refractivity contribution >= 4 is 21.8 Å². The third-order valence-electron chi connectivity index (χ3n) is 6.68. The van der Waals surface area contributed by atoms with Crippen LogP contribution in [0, 0.1) is 5.92 Å². The summed E-state index contributed by atoms with van der Waals surface area (Å²) in [6, 6.07) is 22.3. The van der Waals surface area contributed by atoms with Crippen LogP contribution in [0.3, 0.4) is 0 Å². The number of ether oxygens (including phenoxy) is 4. The molecule has 1 amide bonds. The topological polar surface area (TPSA) is 57.2 Å². The summed E-state index contributed by atoms with van der Waals surface area (Å²) in [6.45, 7) is 1.69. The van der Waals surface area contributed by atoms with Crippen LogP contribution in [-0.4, -0.2) is 51.7 Å². The van der Waals surface area contributed by atoms with Gasteiger partial charge in [0.05, 0.1) is 10.9 Å². The number of likely N-dealkylation sites (tertiary alicyclic amines) is 1. The molecule has 0 aromatic heterocycles. The maximum absolute atomic E-state index is 13.6. The molecule has 0 saturated carbocycles. The fourth-order valence-electron chi connectivity index (χ4n) is 4.81. The van der Waals surface area contributed by atoms with E-state index in [0.29, 0.717) is 17.4 Å². The van der Waals surface area contributed by atoms with Crippen molar-refractivity contribution in [2.75, 3.05) is 40.9 Å². The predicted molar refractivity (Wildman–Crippen MR) is 148 cm³/mol. The predicted octanol–water partition coefficient (Wildman–Crippen LogP) is 6.11. The molecule has 1 aliphatic heterocycles. The molecule has 0 unspecified atom stereocenters. The first-order valence-corrected chi connectivity index (χ1v) is 13.4. The summed E-state index contributed by atoms with van der Waals surface area (Å²) in [5.74, 6) is 1.83. The zero-order valence-electron chi connectivity index (χ0n) is 21.5. The number of amides is 1. The van der Waals surface area contributed by atoms with Crippen LogP contribution in [0.25, 0.3) is 11.1 Å². The second-order valence-electron chi connectivity index (χ2n) is 9.20. The summed E-state index contributed by atoms with van der Waals surface area (Å²) >= 11 is 3.72. The minimum absolute atomic E-state index is 0.0769. The van der Waals surface area contributed by atoms with Gasteiger partial charge in [-0.3, -0.25) is 4.79 Å². The number of rotatable bonds is 11. The van der Waals surface area contributed by atoms with Gasteiger partial charge >= 0.3 is 0 Å². The highest BCUT2D eigenvalue weighted by molar-refractivity contribution is 9.10. The Labute approximate surface area is 227 Å². The van der Waals surface area contributed by atoms with Crippen LogP contribution < -0.4 is 9.47 Å². The van der Waals surface area contributed by atoms with Gasteiger partial charge in [-0.2, -0.15) is 0 Å². The van der Waals surface area contributed by atoms with Gasteiger partial charge < -0.3 is 23.8 Å². The highest BCUT2D eigenvalue weighted by Gasteiger charge is 2.27. The lowest BCUT2D eigenvalue weighted by Gasteiger charge is -2.32. The number of hydrogen-bond donors (Lipinski definition) is 0. The van der Waals surface area contributed by atoms with Gasteiger partial charge in [0.2, 0.25) is 5.91 Å². The molecule has 0 N–H and O–H groups in total. The van der Waals surface area contributed by atoms with Crippen molar-refractivity contribution in [2.45, 2.75) is 25.7 Å². The lowest BCUT2D eigenvalue weighted by Crippen LogP contribution is -2.39. The molecule has 6 nitrogen and oxygen atoms in total. The van der Waals surface area contributed by atoms with E-state index in [4.69, 9.17) is 18.9 Å². The molecule has 0 atom stereocenters. The number of benzene rings is 3. The third kappa shape index (κ3) is 7.12. The molecule has 37 heavy (non-hydrogen) atoms. The Balaban J connectivity index is 1.57. The number of carbonyl (C=O) groups excluding carboxylic acids is 1. The molecule has 196 valence electrons. The van der Waals surface area contributed by atoms with E-state index in [1.807, 2.05) is 47.4 Å². The summed E-state index contributed by atoms with van der Waals surface area (Å²) < 4.78 is 22.8. The van der Waals surface area contributed by atoms with Gasteiger partial charge in [-0.25, -0.2) is 0 Å². The number of carbonyl (C=O) groups is 1. The molecule has 7 heteroatoms. The molecular formula is C30H34BrNO5. The summed E-state index contributed by atoms with van der Waals surface area (Å²) in [7, 11) is 3.15. The molecule has 0 bridgehead atoms. The fourth-order valence-corrected chi connectivity index (χ4v) is 5.38. The molecule has 4 rings (SSSR count). The first kappa shape index (κ1) is 27.2. The third-order valence-corrected chi connectivity index (χ3v) is 7.55. The average Bonchev–Trinajstić information content (AvgIpc) is 2.94. The van der Waals surface area contributed by atoms with Gasteiger partial charge in [0, 0.05) is 38.9 Å². The van der Waals surface area contributed by atoms with Gasteiger partial charge in [-0.1, -0.05) is 60.7 Å². The SMILES string of the molecule is COCOc1cc(OCOC)c(-c2ccccc2)c(CC(=O)N2CCC(Cc3ccccc3)CC2)c1Br. The normalized spacial score (nSPS) is 14.0. The van der Waals surface area contributed by atoms with E-state index < -0.39 is 0 Å². The van der Waals surface area contributed by atoms with Crippen molar-refractivity contribution in [1.29, 1.82) is 0 Å². The lowest BCUT2D eigenvalue weighted by molar-refractivity contribution is -0.131. The maximum atomic E-state index is 13.6. The van der Waals surface area contributed by atoms with E-state index in [0.717, 1.165) is 53.5 Å². The average molecular weight is 569 g/mol. The van der Waals surface area contributed by atoms with Crippen LogP contribution in [0.1, 0.15) is 24.0 Å². The highest BCUT2D eigenvalue weighted by Crippen LogP contribution is 2.44. The standard InChI is InChI=1S/C30H34BrNO5/c1-34-20-36-26-19-27(37-21-35-2)30(31)25(29(26)24-11-7-4-8-12-24)18-28(33)32-15-13-23(14-16-32)17-22-9-5-3-6-10-22/h3-12,19,23H,13-18,20-21H2,1-2H3. The number of nitrogens with zero attached hydrogens (tertiary/aromatic N) is 1. The molecule has 0 radical (unpaired) electrons. The highest BCUT2D eigenvalue weighted by atomic mass is 79.9. The Hall–Kier alpha value is -2.87. The van der Waals surface area contributed by atoms with E-state index in [1.165, 1.54) is 5.56 Å². The largest absolute Gasteiger partial charge is 0.467 e. The van der Waals surface area contributed by atoms with Gasteiger partial charge in [0.15, 0.2) is 13.6 Å². The van der Waals surface area contributed by atoms with Crippen molar-refractivity contribution < 1.29 is 23.7 Å². The van der Waals surface area contributed by atoms with Crippen LogP contribution in [-0.2, 0) is 27.1 Å². The first-order valence-electron chi connectivity index (χ1n) is 12.6.